The summed E-state index contributed by atoms with van der Waals surface area (Å²) in [6.07, 6.45) is 3.64. The number of anilines is 1. The molecule has 0 fully saturated rings. The molecule has 0 unspecified atom stereocenters. The molecule has 2 aromatic carbocycles. The highest BCUT2D eigenvalue weighted by atomic mass is 16.4. The third-order valence-electron chi connectivity index (χ3n) is 6.03. The van der Waals surface area contributed by atoms with E-state index in [1.54, 1.807) is 12.5 Å². The van der Waals surface area contributed by atoms with Crippen molar-refractivity contribution < 1.29 is 19.1 Å². The molecule has 7 nitrogen and oxygen atoms in total. The smallest absolute Gasteiger partial charge is 0.326 e. The first-order valence-corrected chi connectivity index (χ1v) is 11.7. The van der Waals surface area contributed by atoms with Gasteiger partial charge in [0, 0.05) is 35.9 Å². The molecule has 4 aromatic rings. The Bertz CT molecular complexity index is 1360. The van der Waals surface area contributed by atoms with Gasteiger partial charge in [-0.3, -0.25) is 4.79 Å². The molecule has 0 saturated carbocycles. The first-order chi connectivity index (χ1) is 17.3. The summed E-state index contributed by atoms with van der Waals surface area (Å²) in [7, 11) is 0. The lowest BCUT2D eigenvalue weighted by Crippen LogP contribution is -2.42. The van der Waals surface area contributed by atoms with Crippen LogP contribution in [0.5, 0.6) is 0 Å². The highest BCUT2D eigenvalue weighted by molar-refractivity contribution is 5.99. The second-order valence-electron chi connectivity index (χ2n) is 8.92. The lowest BCUT2D eigenvalue weighted by Gasteiger charge is -2.17. The summed E-state index contributed by atoms with van der Waals surface area (Å²) in [5, 5.41) is 15.7. The monoisotopic (exact) mass is 483 g/mol. The van der Waals surface area contributed by atoms with Crippen LogP contribution < -0.4 is 10.6 Å². The fraction of sp³-hybridized carbons (Fsp3) is 0.207. The number of furan rings is 1. The number of nitrogens with one attached hydrogen (secondary N) is 2. The normalized spacial score (nSPS) is 11.6. The average Bonchev–Trinajstić information content (AvgIpc) is 3.32. The molecule has 7 heteroatoms. The number of hydrogen-bond donors (Lipinski definition) is 3. The Labute approximate surface area is 210 Å². The van der Waals surface area contributed by atoms with Gasteiger partial charge in [-0.2, -0.15) is 0 Å². The Morgan fingerprint density at radius 3 is 2.36 bits per heavy atom. The fourth-order valence-electron chi connectivity index (χ4n) is 4.09. The van der Waals surface area contributed by atoms with Crippen molar-refractivity contribution in [1.29, 1.82) is 0 Å². The molecule has 0 saturated heterocycles. The highest BCUT2D eigenvalue weighted by Gasteiger charge is 2.23. The van der Waals surface area contributed by atoms with Crippen LogP contribution in [0.25, 0.3) is 11.3 Å². The molecule has 0 aliphatic carbocycles. The van der Waals surface area contributed by atoms with Crippen LogP contribution >= 0.6 is 0 Å². The number of carboxylic acids is 1. The van der Waals surface area contributed by atoms with E-state index >= 15 is 0 Å². The zero-order chi connectivity index (χ0) is 25.7. The number of benzene rings is 2. The number of amides is 1. The highest BCUT2D eigenvalue weighted by Crippen LogP contribution is 2.24. The first-order valence-electron chi connectivity index (χ1n) is 11.7. The number of rotatable bonds is 9. The standard InChI is InChI=1S/C29H29N3O4/c1-18-11-12-30-26(13-18)31-16-22-15-25(36-17-22)23-9-7-21(8-10-23)14-24(29(34)35)32-28(33)27-19(2)5-4-6-20(27)3/h4-13,15,17,24H,14,16H2,1-3H3,(H,30,31)(H,32,33)(H,34,35)/t24-/m0/s1. The van der Waals surface area contributed by atoms with Crippen molar-refractivity contribution in [1.82, 2.24) is 10.3 Å². The van der Waals surface area contributed by atoms with Gasteiger partial charge in [0.05, 0.1) is 6.26 Å². The van der Waals surface area contributed by atoms with Crippen LogP contribution in [0.2, 0.25) is 0 Å². The summed E-state index contributed by atoms with van der Waals surface area (Å²) in [5.41, 5.74) is 5.93. The minimum absolute atomic E-state index is 0.170. The maximum Gasteiger partial charge on any atom is 0.326 e. The van der Waals surface area contributed by atoms with Gasteiger partial charge in [0.25, 0.3) is 5.91 Å². The molecular weight excluding hydrogens is 454 g/mol. The maximum atomic E-state index is 12.8. The van der Waals surface area contributed by atoms with Crippen LogP contribution in [0.1, 0.15) is 38.2 Å². The molecule has 3 N–H and O–H groups in total. The number of aromatic nitrogens is 1. The Kier molecular flexibility index (Phi) is 7.49. The SMILES string of the molecule is Cc1ccnc(NCc2coc(-c3ccc(C[C@H](NC(=O)c4c(C)cccc4C)C(=O)O)cc3)c2)c1. The molecule has 0 bridgehead atoms. The Balaban J connectivity index is 1.40. The molecule has 36 heavy (non-hydrogen) atoms. The van der Waals surface area contributed by atoms with Gasteiger partial charge in [0.15, 0.2) is 0 Å². The molecule has 0 spiro atoms. The number of nitrogens with zero attached hydrogens (tertiary/aromatic N) is 1. The molecule has 2 aromatic heterocycles. The molecule has 184 valence electrons. The van der Waals surface area contributed by atoms with Crippen LogP contribution in [0, 0.1) is 20.8 Å². The van der Waals surface area contributed by atoms with Gasteiger partial charge >= 0.3 is 5.97 Å². The quantitative estimate of drug-likeness (QED) is 0.298. The molecule has 0 aliphatic rings. The van der Waals surface area contributed by atoms with Gasteiger partial charge in [-0.25, -0.2) is 9.78 Å². The number of hydrogen-bond acceptors (Lipinski definition) is 5. The summed E-state index contributed by atoms with van der Waals surface area (Å²) in [4.78, 5) is 29.0. The predicted molar refractivity (Wildman–Crippen MR) is 139 cm³/mol. The number of carbonyl (C=O) groups excluding carboxylic acids is 1. The van der Waals surface area contributed by atoms with Crippen molar-refractivity contribution in [3.63, 3.8) is 0 Å². The summed E-state index contributed by atoms with van der Waals surface area (Å²) < 4.78 is 5.73. The van der Waals surface area contributed by atoms with Crippen molar-refractivity contribution in [2.75, 3.05) is 5.32 Å². The maximum absolute atomic E-state index is 12.8. The Morgan fingerprint density at radius 1 is 0.972 bits per heavy atom. The van der Waals surface area contributed by atoms with Crippen LogP contribution in [0.4, 0.5) is 5.82 Å². The van der Waals surface area contributed by atoms with Crippen molar-refractivity contribution in [3.05, 3.63) is 107 Å². The molecule has 0 aliphatic heterocycles. The van der Waals surface area contributed by atoms with E-state index in [0.717, 1.165) is 39.2 Å². The number of carbonyl (C=O) groups is 2. The van der Waals surface area contributed by atoms with Crippen LogP contribution in [-0.2, 0) is 17.8 Å². The molecule has 1 atom stereocenters. The Morgan fingerprint density at radius 2 is 1.69 bits per heavy atom. The van der Waals surface area contributed by atoms with Crippen molar-refractivity contribution in [3.8, 4) is 11.3 Å². The van der Waals surface area contributed by atoms with Gasteiger partial charge < -0.3 is 20.2 Å². The van der Waals surface area contributed by atoms with E-state index in [2.05, 4.69) is 15.6 Å². The molecular formula is C29H29N3O4. The molecule has 4 rings (SSSR count). The lowest BCUT2D eigenvalue weighted by molar-refractivity contribution is -0.139. The minimum Gasteiger partial charge on any atom is -0.480 e. The van der Waals surface area contributed by atoms with Gasteiger partial charge in [-0.15, -0.1) is 0 Å². The van der Waals surface area contributed by atoms with Gasteiger partial charge in [-0.05, 0) is 61.2 Å². The zero-order valence-corrected chi connectivity index (χ0v) is 20.5. The van der Waals surface area contributed by atoms with Crippen LogP contribution in [0.15, 0.2) is 77.5 Å². The fourth-order valence-corrected chi connectivity index (χ4v) is 4.09. The van der Waals surface area contributed by atoms with Crippen LogP contribution in [0.3, 0.4) is 0 Å². The topological polar surface area (TPSA) is 104 Å². The van der Waals surface area contributed by atoms with Crippen molar-refractivity contribution in [2.24, 2.45) is 0 Å². The third kappa shape index (κ3) is 5.99. The second kappa shape index (κ2) is 10.9. The second-order valence-corrected chi connectivity index (χ2v) is 8.92. The first kappa shape index (κ1) is 24.7. The summed E-state index contributed by atoms with van der Waals surface area (Å²) >= 11 is 0. The number of aryl methyl sites for hydroxylation is 3. The van der Waals surface area contributed by atoms with E-state index in [1.807, 2.05) is 81.4 Å². The van der Waals surface area contributed by atoms with Gasteiger partial charge in [0.1, 0.15) is 17.6 Å². The van der Waals surface area contributed by atoms with Gasteiger partial charge in [-0.1, -0.05) is 42.5 Å². The number of aliphatic carboxylic acids is 1. The summed E-state index contributed by atoms with van der Waals surface area (Å²) in [6.45, 7) is 6.28. The van der Waals surface area contributed by atoms with E-state index in [1.165, 1.54) is 0 Å². The van der Waals surface area contributed by atoms with E-state index in [-0.39, 0.29) is 12.3 Å². The van der Waals surface area contributed by atoms with E-state index in [0.29, 0.717) is 17.9 Å². The average molecular weight is 484 g/mol. The van der Waals surface area contributed by atoms with E-state index < -0.39 is 12.0 Å². The molecule has 2 heterocycles. The van der Waals surface area contributed by atoms with E-state index in [9.17, 15) is 14.7 Å². The van der Waals surface area contributed by atoms with E-state index in [4.69, 9.17) is 4.42 Å². The van der Waals surface area contributed by atoms with Crippen molar-refractivity contribution in [2.45, 2.75) is 39.8 Å². The van der Waals surface area contributed by atoms with Crippen LogP contribution in [-0.4, -0.2) is 28.0 Å². The Hall–Kier alpha value is -4.39. The van der Waals surface area contributed by atoms with Crippen molar-refractivity contribution >= 4 is 17.7 Å². The molecule has 1 amide bonds. The summed E-state index contributed by atoms with van der Waals surface area (Å²) in [5.74, 6) is 0.0607. The zero-order valence-electron chi connectivity index (χ0n) is 20.5. The van der Waals surface area contributed by atoms with Gasteiger partial charge in [0.2, 0.25) is 0 Å². The number of pyridine rings is 1. The number of carboxylic acid groups (broad SMARTS) is 1. The third-order valence-corrected chi connectivity index (χ3v) is 6.03. The summed E-state index contributed by atoms with van der Waals surface area (Å²) in [6, 6.07) is 17.9. The minimum atomic E-state index is -1.08. The lowest BCUT2D eigenvalue weighted by atomic mass is 10.00. The molecule has 0 radical (unpaired) electrons. The predicted octanol–water partition coefficient (Wildman–Crippen LogP) is 5.30. The largest absolute Gasteiger partial charge is 0.480 e.